The summed E-state index contributed by atoms with van der Waals surface area (Å²) in [6, 6.07) is 7.69. The molecule has 4 rings (SSSR count). The van der Waals surface area contributed by atoms with E-state index in [4.69, 9.17) is 14.5 Å². The number of amides is 1. The highest BCUT2D eigenvalue weighted by Gasteiger charge is 2.22. The van der Waals surface area contributed by atoms with E-state index in [1.54, 1.807) is 6.20 Å². The van der Waals surface area contributed by atoms with Crippen molar-refractivity contribution >= 4 is 11.9 Å². The fourth-order valence-corrected chi connectivity index (χ4v) is 3.10. The quantitative estimate of drug-likeness (QED) is 0.850. The predicted molar refractivity (Wildman–Crippen MR) is 92.7 cm³/mol. The van der Waals surface area contributed by atoms with E-state index in [-0.39, 0.29) is 12.7 Å². The zero-order valence-corrected chi connectivity index (χ0v) is 14.1. The van der Waals surface area contributed by atoms with Crippen LogP contribution in [0.2, 0.25) is 0 Å². The summed E-state index contributed by atoms with van der Waals surface area (Å²) >= 11 is 0. The number of rotatable bonds is 3. The van der Waals surface area contributed by atoms with Gasteiger partial charge in [0.05, 0.1) is 5.69 Å². The zero-order chi connectivity index (χ0) is 17.2. The highest BCUT2D eigenvalue weighted by Crippen LogP contribution is 2.35. The van der Waals surface area contributed by atoms with Gasteiger partial charge in [-0.2, -0.15) is 0 Å². The zero-order valence-electron chi connectivity index (χ0n) is 14.1. The number of carbonyl (C=O) groups excluding carboxylic acids is 1. The molecule has 2 aliphatic rings. The summed E-state index contributed by atoms with van der Waals surface area (Å²) in [7, 11) is 0. The Morgan fingerprint density at radius 2 is 1.92 bits per heavy atom. The number of anilines is 1. The third kappa shape index (κ3) is 3.09. The van der Waals surface area contributed by atoms with Crippen LogP contribution in [-0.2, 0) is 4.79 Å². The highest BCUT2D eigenvalue weighted by atomic mass is 16.7. The van der Waals surface area contributed by atoms with Crippen LogP contribution in [0.25, 0.3) is 11.3 Å². The summed E-state index contributed by atoms with van der Waals surface area (Å²) in [6.45, 7) is 5.07. The SMILES string of the molecule is CCC(=O)N1CCN(c2nccc(-c3ccc4c(c3)OCO4)n2)CC1. The van der Waals surface area contributed by atoms with Crippen LogP contribution in [0, 0.1) is 0 Å². The largest absolute Gasteiger partial charge is 0.454 e. The lowest BCUT2D eigenvalue weighted by atomic mass is 10.1. The first kappa shape index (κ1) is 15.7. The van der Waals surface area contributed by atoms with Gasteiger partial charge in [0.1, 0.15) is 0 Å². The topological polar surface area (TPSA) is 67.8 Å². The average Bonchev–Trinajstić information content (AvgIpc) is 3.15. The lowest BCUT2D eigenvalue weighted by molar-refractivity contribution is -0.131. The van der Waals surface area contributed by atoms with Gasteiger partial charge in [0.25, 0.3) is 0 Å². The van der Waals surface area contributed by atoms with Crippen LogP contribution in [-0.4, -0.2) is 53.7 Å². The van der Waals surface area contributed by atoms with Gasteiger partial charge in [-0.05, 0) is 24.3 Å². The van der Waals surface area contributed by atoms with Gasteiger partial charge in [-0.1, -0.05) is 6.92 Å². The second kappa shape index (κ2) is 6.58. The third-order valence-electron chi connectivity index (χ3n) is 4.53. The number of carbonyl (C=O) groups is 1. The molecule has 0 saturated carbocycles. The van der Waals surface area contributed by atoms with Crippen LogP contribution < -0.4 is 14.4 Å². The standard InChI is InChI=1S/C18H20N4O3/c1-2-17(23)21-7-9-22(10-8-21)18-19-6-5-14(20-18)13-3-4-15-16(11-13)25-12-24-15/h3-6,11H,2,7-10,12H2,1H3. The molecule has 0 spiro atoms. The van der Waals surface area contributed by atoms with Crippen molar-refractivity contribution in [1.82, 2.24) is 14.9 Å². The van der Waals surface area contributed by atoms with E-state index < -0.39 is 0 Å². The maximum Gasteiger partial charge on any atom is 0.231 e. The van der Waals surface area contributed by atoms with Crippen molar-refractivity contribution < 1.29 is 14.3 Å². The Morgan fingerprint density at radius 1 is 1.12 bits per heavy atom. The van der Waals surface area contributed by atoms with Crippen molar-refractivity contribution in [3.63, 3.8) is 0 Å². The van der Waals surface area contributed by atoms with Crippen LogP contribution in [0.3, 0.4) is 0 Å². The molecular weight excluding hydrogens is 320 g/mol. The molecule has 1 aromatic carbocycles. The molecule has 0 radical (unpaired) electrons. The Balaban J connectivity index is 1.51. The fraction of sp³-hybridized carbons (Fsp3) is 0.389. The second-order valence-electron chi connectivity index (χ2n) is 6.03. The van der Waals surface area contributed by atoms with E-state index in [2.05, 4.69) is 9.88 Å². The van der Waals surface area contributed by atoms with E-state index >= 15 is 0 Å². The van der Waals surface area contributed by atoms with Crippen LogP contribution in [0.15, 0.2) is 30.5 Å². The van der Waals surface area contributed by atoms with Gasteiger partial charge in [0.15, 0.2) is 11.5 Å². The van der Waals surface area contributed by atoms with Crippen LogP contribution in [0.1, 0.15) is 13.3 Å². The van der Waals surface area contributed by atoms with Crippen molar-refractivity contribution in [2.75, 3.05) is 37.9 Å². The first-order valence-electron chi connectivity index (χ1n) is 8.50. The number of aromatic nitrogens is 2. The predicted octanol–water partition coefficient (Wildman–Crippen LogP) is 1.93. The van der Waals surface area contributed by atoms with Crippen molar-refractivity contribution in [3.8, 4) is 22.8 Å². The van der Waals surface area contributed by atoms with E-state index in [0.29, 0.717) is 25.5 Å². The van der Waals surface area contributed by atoms with Crippen molar-refractivity contribution in [2.24, 2.45) is 0 Å². The molecule has 3 heterocycles. The fourth-order valence-electron chi connectivity index (χ4n) is 3.10. The van der Waals surface area contributed by atoms with Gasteiger partial charge in [-0.3, -0.25) is 4.79 Å². The van der Waals surface area contributed by atoms with Crippen LogP contribution >= 0.6 is 0 Å². The van der Waals surface area contributed by atoms with Crippen LogP contribution in [0.5, 0.6) is 11.5 Å². The third-order valence-corrected chi connectivity index (χ3v) is 4.53. The number of nitrogens with zero attached hydrogens (tertiary/aromatic N) is 4. The molecule has 7 heteroatoms. The first-order chi connectivity index (χ1) is 12.2. The van der Waals surface area contributed by atoms with E-state index in [1.807, 2.05) is 36.1 Å². The maximum absolute atomic E-state index is 11.8. The van der Waals surface area contributed by atoms with Crippen LogP contribution in [0.4, 0.5) is 5.95 Å². The maximum atomic E-state index is 11.8. The molecule has 2 aliphatic heterocycles. The minimum Gasteiger partial charge on any atom is -0.454 e. The molecule has 7 nitrogen and oxygen atoms in total. The van der Waals surface area contributed by atoms with Gasteiger partial charge in [0.2, 0.25) is 18.6 Å². The Hall–Kier alpha value is -2.83. The Bertz CT molecular complexity index is 788. The smallest absolute Gasteiger partial charge is 0.231 e. The van der Waals surface area contributed by atoms with Gasteiger partial charge < -0.3 is 19.3 Å². The number of ether oxygens (including phenoxy) is 2. The van der Waals surface area contributed by atoms with E-state index in [0.717, 1.165) is 35.8 Å². The van der Waals surface area contributed by atoms with Crippen molar-refractivity contribution in [1.29, 1.82) is 0 Å². The molecule has 130 valence electrons. The Kier molecular flexibility index (Phi) is 4.13. The molecule has 25 heavy (non-hydrogen) atoms. The lowest BCUT2D eigenvalue weighted by Gasteiger charge is -2.34. The van der Waals surface area contributed by atoms with Gasteiger partial charge in [-0.25, -0.2) is 9.97 Å². The minimum atomic E-state index is 0.203. The van der Waals surface area contributed by atoms with E-state index in [9.17, 15) is 4.79 Å². The lowest BCUT2D eigenvalue weighted by Crippen LogP contribution is -2.49. The number of hydrogen-bond donors (Lipinski definition) is 0. The average molecular weight is 340 g/mol. The summed E-state index contributed by atoms with van der Waals surface area (Å²) in [5.74, 6) is 2.40. The van der Waals surface area contributed by atoms with Gasteiger partial charge in [0, 0.05) is 44.4 Å². The molecule has 0 bridgehead atoms. The minimum absolute atomic E-state index is 0.203. The summed E-state index contributed by atoms with van der Waals surface area (Å²) in [5, 5.41) is 0. The number of piperazine rings is 1. The Morgan fingerprint density at radius 3 is 2.72 bits per heavy atom. The molecule has 0 unspecified atom stereocenters. The van der Waals surface area contributed by atoms with Crippen molar-refractivity contribution in [2.45, 2.75) is 13.3 Å². The van der Waals surface area contributed by atoms with Gasteiger partial charge in [-0.15, -0.1) is 0 Å². The summed E-state index contributed by atoms with van der Waals surface area (Å²) in [4.78, 5) is 24.9. The molecule has 2 aromatic rings. The number of fused-ring (bicyclic) bond motifs is 1. The molecule has 1 amide bonds. The number of benzene rings is 1. The molecule has 1 aromatic heterocycles. The number of hydrogen-bond acceptors (Lipinski definition) is 6. The molecule has 0 N–H and O–H groups in total. The van der Waals surface area contributed by atoms with Crippen molar-refractivity contribution in [3.05, 3.63) is 30.5 Å². The normalized spacial score (nSPS) is 16.2. The molecule has 0 aliphatic carbocycles. The summed E-state index contributed by atoms with van der Waals surface area (Å²) in [5.41, 5.74) is 1.81. The summed E-state index contributed by atoms with van der Waals surface area (Å²) < 4.78 is 10.8. The van der Waals surface area contributed by atoms with Gasteiger partial charge >= 0.3 is 0 Å². The molecule has 1 fully saturated rings. The first-order valence-corrected chi connectivity index (χ1v) is 8.50. The molecule has 1 saturated heterocycles. The Labute approximate surface area is 146 Å². The second-order valence-corrected chi connectivity index (χ2v) is 6.03. The molecular formula is C18H20N4O3. The van der Waals surface area contributed by atoms with E-state index in [1.165, 1.54) is 0 Å². The molecule has 0 atom stereocenters. The monoisotopic (exact) mass is 340 g/mol. The highest BCUT2D eigenvalue weighted by molar-refractivity contribution is 5.76. The summed E-state index contributed by atoms with van der Waals surface area (Å²) in [6.07, 6.45) is 2.32.